The number of carbonyl (C=O) groups is 1. The normalized spacial score (nSPS) is 20.7. The molecule has 0 aromatic carbocycles. The molecule has 2 aliphatic rings. The first-order chi connectivity index (χ1) is 13.1. The summed E-state index contributed by atoms with van der Waals surface area (Å²) in [5.41, 5.74) is 1.24. The Hall–Kier alpha value is -2.28. The van der Waals surface area contributed by atoms with Crippen LogP contribution in [0.2, 0.25) is 0 Å². The number of aromatic nitrogens is 4. The van der Waals surface area contributed by atoms with Crippen LogP contribution in [0.3, 0.4) is 0 Å². The Morgan fingerprint density at radius 1 is 1.22 bits per heavy atom. The van der Waals surface area contributed by atoms with Crippen molar-refractivity contribution in [3.05, 3.63) is 41.7 Å². The van der Waals surface area contributed by atoms with E-state index in [4.69, 9.17) is 0 Å². The van der Waals surface area contributed by atoms with Crippen LogP contribution < -0.4 is 0 Å². The lowest BCUT2D eigenvalue weighted by Crippen LogP contribution is -2.32. The summed E-state index contributed by atoms with van der Waals surface area (Å²) < 4.78 is 2.30. The van der Waals surface area contributed by atoms with Crippen LogP contribution >= 0.6 is 0 Å². The van der Waals surface area contributed by atoms with Gasteiger partial charge in [0.15, 0.2) is 0 Å². The fraction of sp³-hybridized carbons (Fsp3) is 0.600. The van der Waals surface area contributed by atoms with Gasteiger partial charge in [-0.15, -0.1) is 10.2 Å². The second kappa shape index (κ2) is 7.76. The van der Waals surface area contributed by atoms with Crippen molar-refractivity contribution in [1.29, 1.82) is 0 Å². The van der Waals surface area contributed by atoms with E-state index >= 15 is 0 Å². The van der Waals surface area contributed by atoms with Crippen LogP contribution in [0.1, 0.15) is 43.4 Å². The molecule has 4 heterocycles. The average molecular weight is 368 g/mol. The Kier molecular flexibility index (Phi) is 5.20. The molecular formula is C20H28N6O. The number of rotatable bonds is 4. The summed E-state index contributed by atoms with van der Waals surface area (Å²) in [5, 5.41) is 8.99. The Labute approximate surface area is 160 Å². The summed E-state index contributed by atoms with van der Waals surface area (Å²) in [5.74, 6) is 2.74. The van der Waals surface area contributed by atoms with E-state index in [-0.39, 0.29) is 11.8 Å². The van der Waals surface area contributed by atoms with E-state index < -0.39 is 0 Å². The monoisotopic (exact) mass is 368 g/mol. The third-order valence-electron chi connectivity index (χ3n) is 5.64. The average Bonchev–Trinajstić information content (AvgIpc) is 3.26. The van der Waals surface area contributed by atoms with Gasteiger partial charge in [-0.1, -0.05) is 19.9 Å². The predicted octanol–water partition coefficient (Wildman–Crippen LogP) is 1.70. The molecule has 1 atom stereocenters. The highest BCUT2D eigenvalue weighted by atomic mass is 16.2. The molecule has 7 nitrogen and oxygen atoms in total. The molecule has 1 unspecified atom stereocenters. The van der Waals surface area contributed by atoms with Crippen molar-refractivity contribution in [1.82, 2.24) is 29.5 Å². The van der Waals surface area contributed by atoms with E-state index in [1.165, 1.54) is 5.56 Å². The standard InChI is InChI=1S/C20H28N6O/c1-15(2)20(27)25-9-5-17(14-25)19-23-22-18-6-8-24(10-11-26(18)19)13-16-4-3-7-21-12-16/h3-4,7,12,15,17H,5-6,8-11,13-14H2,1-2H3. The Bertz CT molecular complexity index is 787. The summed E-state index contributed by atoms with van der Waals surface area (Å²) in [4.78, 5) is 21.0. The Morgan fingerprint density at radius 2 is 2.11 bits per heavy atom. The van der Waals surface area contributed by atoms with Crippen molar-refractivity contribution in [2.75, 3.05) is 26.2 Å². The van der Waals surface area contributed by atoms with Crippen LogP contribution in [0.4, 0.5) is 0 Å². The summed E-state index contributed by atoms with van der Waals surface area (Å²) in [6, 6.07) is 4.12. The minimum atomic E-state index is 0.0558. The van der Waals surface area contributed by atoms with E-state index in [1.807, 2.05) is 37.2 Å². The molecule has 4 rings (SSSR count). The van der Waals surface area contributed by atoms with Crippen molar-refractivity contribution in [2.45, 2.75) is 45.7 Å². The van der Waals surface area contributed by atoms with E-state index in [0.29, 0.717) is 5.92 Å². The summed E-state index contributed by atoms with van der Waals surface area (Å²) >= 11 is 0. The van der Waals surface area contributed by atoms with Crippen molar-refractivity contribution in [2.24, 2.45) is 5.92 Å². The quantitative estimate of drug-likeness (QED) is 0.822. The first-order valence-electron chi connectivity index (χ1n) is 9.94. The number of likely N-dealkylation sites (tertiary alicyclic amines) is 1. The number of pyridine rings is 1. The van der Waals surface area contributed by atoms with Crippen LogP contribution in [0.15, 0.2) is 24.5 Å². The lowest BCUT2D eigenvalue weighted by molar-refractivity contribution is -0.133. The van der Waals surface area contributed by atoms with Crippen LogP contribution in [-0.4, -0.2) is 61.6 Å². The minimum Gasteiger partial charge on any atom is -0.342 e. The molecule has 1 fully saturated rings. The maximum Gasteiger partial charge on any atom is 0.225 e. The van der Waals surface area contributed by atoms with Gasteiger partial charge >= 0.3 is 0 Å². The third kappa shape index (κ3) is 3.88. The molecule has 1 amide bonds. The second-order valence-corrected chi connectivity index (χ2v) is 7.94. The highest BCUT2D eigenvalue weighted by Crippen LogP contribution is 2.28. The maximum absolute atomic E-state index is 12.3. The SMILES string of the molecule is CC(C)C(=O)N1CCC(c2nnc3n2CCN(Cc2cccnc2)CC3)C1. The first-order valence-corrected chi connectivity index (χ1v) is 9.94. The summed E-state index contributed by atoms with van der Waals surface area (Å²) in [6.45, 7) is 9.33. The minimum absolute atomic E-state index is 0.0558. The van der Waals surface area contributed by atoms with Gasteiger partial charge in [0.1, 0.15) is 11.6 Å². The van der Waals surface area contributed by atoms with E-state index in [2.05, 4.69) is 30.7 Å². The second-order valence-electron chi connectivity index (χ2n) is 7.94. The van der Waals surface area contributed by atoms with E-state index in [0.717, 1.165) is 63.8 Å². The largest absolute Gasteiger partial charge is 0.342 e. The van der Waals surface area contributed by atoms with Crippen LogP contribution in [0, 0.1) is 5.92 Å². The van der Waals surface area contributed by atoms with Gasteiger partial charge < -0.3 is 9.47 Å². The molecule has 1 saturated heterocycles. The molecule has 0 N–H and O–H groups in total. The highest BCUT2D eigenvalue weighted by Gasteiger charge is 2.32. The highest BCUT2D eigenvalue weighted by molar-refractivity contribution is 5.78. The third-order valence-corrected chi connectivity index (χ3v) is 5.64. The number of nitrogens with zero attached hydrogens (tertiary/aromatic N) is 6. The molecule has 0 aliphatic carbocycles. The van der Waals surface area contributed by atoms with Gasteiger partial charge in [0, 0.05) is 69.9 Å². The van der Waals surface area contributed by atoms with Gasteiger partial charge in [0.2, 0.25) is 5.91 Å². The topological polar surface area (TPSA) is 67.2 Å². The lowest BCUT2D eigenvalue weighted by atomic mass is 10.1. The van der Waals surface area contributed by atoms with Gasteiger partial charge in [-0.3, -0.25) is 14.7 Å². The fourth-order valence-corrected chi connectivity index (χ4v) is 4.14. The number of amides is 1. The smallest absolute Gasteiger partial charge is 0.225 e. The molecule has 144 valence electrons. The lowest BCUT2D eigenvalue weighted by Gasteiger charge is -2.20. The van der Waals surface area contributed by atoms with Crippen molar-refractivity contribution in [3.63, 3.8) is 0 Å². The van der Waals surface area contributed by atoms with Gasteiger partial charge in [0.25, 0.3) is 0 Å². The van der Waals surface area contributed by atoms with E-state index in [9.17, 15) is 4.79 Å². The Morgan fingerprint density at radius 3 is 2.89 bits per heavy atom. The zero-order valence-electron chi connectivity index (χ0n) is 16.2. The van der Waals surface area contributed by atoms with Crippen molar-refractivity contribution in [3.8, 4) is 0 Å². The van der Waals surface area contributed by atoms with Gasteiger partial charge in [-0.05, 0) is 18.1 Å². The predicted molar refractivity (Wildman–Crippen MR) is 102 cm³/mol. The van der Waals surface area contributed by atoms with Gasteiger partial charge in [-0.2, -0.15) is 0 Å². The van der Waals surface area contributed by atoms with Crippen molar-refractivity contribution < 1.29 is 4.79 Å². The molecule has 2 aromatic rings. The Balaban J connectivity index is 1.42. The molecular weight excluding hydrogens is 340 g/mol. The maximum atomic E-state index is 12.3. The van der Waals surface area contributed by atoms with Crippen molar-refractivity contribution >= 4 is 5.91 Å². The summed E-state index contributed by atoms with van der Waals surface area (Å²) in [7, 11) is 0. The van der Waals surface area contributed by atoms with Gasteiger partial charge in [-0.25, -0.2) is 0 Å². The van der Waals surface area contributed by atoms with Gasteiger partial charge in [0.05, 0.1) is 0 Å². The molecule has 2 aliphatic heterocycles. The molecule has 7 heteroatoms. The molecule has 0 bridgehead atoms. The fourth-order valence-electron chi connectivity index (χ4n) is 4.14. The first kappa shape index (κ1) is 18.1. The van der Waals surface area contributed by atoms with Crippen LogP contribution in [0.25, 0.3) is 0 Å². The zero-order valence-corrected chi connectivity index (χ0v) is 16.2. The van der Waals surface area contributed by atoms with Crippen LogP contribution in [-0.2, 0) is 24.3 Å². The molecule has 27 heavy (non-hydrogen) atoms. The molecule has 0 spiro atoms. The van der Waals surface area contributed by atoms with Crippen LogP contribution in [0.5, 0.6) is 0 Å². The molecule has 2 aromatic heterocycles. The molecule has 0 saturated carbocycles. The zero-order chi connectivity index (χ0) is 18.8. The number of hydrogen-bond donors (Lipinski definition) is 0. The molecule has 0 radical (unpaired) electrons. The summed E-state index contributed by atoms with van der Waals surface area (Å²) in [6.07, 6.45) is 5.65. The number of carbonyl (C=O) groups excluding carboxylic acids is 1. The number of fused-ring (bicyclic) bond motifs is 1. The van der Waals surface area contributed by atoms with E-state index in [1.54, 1.807) is 0 Å². The number of hydrogen-bond acceptors (Lipinski definition) is 5.